The molecule has 0 radical (unpaired) electrons. The van der Waals surface area contributed by atoms with E-state index in [0.29, 0.717) is 5.92 Å². The van der Waals surface area contributed by atoms with Gasteiger partial charge in [0.25, 0.3) is 0 Å². The summed E-state index contributed by atoms with van der Waals surface area (Å²) in [4.78, 5) is 0. The molecule has 2 atom stereocenters. The van der Waals surface area contributed by atoms with Crippen LogP contribution in [0.1, 0.15) is 50.3 Å². The van der Waals surface area contributed by atoms with Crippen LogP contribution < -0.4 is 0 Å². The fourth-order valence-corrected chi connectivity index (χ4v) is 3.44. The zero-order chi connectivity index (χ0) is 14.3. The van der Waals surface area contributed by atoms with E-state index >= 15 is 0 Å². The van der Waals surface area contributed by atoms with Gasteiger partial charge in [0.05, 0.1) is 6.10 Å². The standard InChI is InChI=1S/C16H26O2Si/c1-16(2,3)19(4,5)18-11-12-10-15(17)14-9-7-6-8-13(12)14/h6-9,12,15,17H,10-11H2,1-5H3/t12-,15+/m0/s1. The lowest BCUT2D eigenvalue weighted by molar-refractivity contribution is 0.159. The molecule has 0 spiro atoms. The molecule has 106 valence electrons. The van der Waals surface area contributed by atoms with Gasteiger partial charge < -0.3 is 9.53 Å². The smallest absolute Gasteiger partial charge is 0.192 e. The van der Waals surface area contributed by atoms with Crippen LogP contribution in [-0.2, 0) is 4.43 Å². The first-order chi connectivity index (χ1) is 8.72. The van der Waals surface area contributed by atoms with Crippen LogP contribution in [-0.4, -0.2) is 20.0 Å². The summed E-state index contributed by atoms with van der Waals surface area (Å²) in [5, 5.41) is 10.3. The van der Waals surface area contributed by atoms with Crippen LogP contribution >= 0.6 is 0 Å². The van der Waals surface area contributed by atoms with Crippen LogP contribution in [0.15, 0.2) is 24.3 Å². The second-order valence-corrected chi connectivity index (χ2v) is 12.0. The van der Waals surface area contributed by atoms with Crippen molar-refractivity contribution in [2.75, 3.05) is 6.61 Å². The Bertz CT molecular complexity index is 448. The Morgan fingerprint density at radius 1 is 1.21 bits per heavy atom. The largest absolute Gasteiger partial charge is 0.416 e. The van der Waals surface area contributed by atoms with Crippen molar-refractivity contribution < 1.29 is 9.53 Å². The van der Waals surface area contributed by atoms with Gasteiger partial charge in [-0.05, 0) is 35.7 Å². The zero-order valence-corrected chi connectivity index (χ0v) is 13.7. The highest BCUT2D eigenvalue weighted by atomic mass is 28.4. The summed E-state index contributed by atoms with van der Waals surface area (Å²) >= 11 is 0. The number of aliphatic hydroxyl groups excluding tert-OH is 1. The molecule has 1 aliphatic carbocycles. The molecule has 1 aromatic rings. The third-order valence-corrected chi connectivity index (χ3v) is 9.25. The minimum absolute atomic E-state index is 0.240. The van der Waals surface area contributed by atoms with Crippen molar-refractivity contribution in [2.24, 2.45) is 0 Å². The van der Waals surface area contributed by atoms with Gasteiger partial charge in [-0.25, -0.2) is 0 Å². The molecule has 0 aliphatic heterocycles. The van der Waals surface area contributed by atoms with E-state index in [1.165, 1.54) is 5.56 Å². The van der Waals surface area contributed by atoms with Crippen LogP contribution in [0.3, 0.4) is 0 Å². The van der Waals surface area contributed by atoms with E-state index in [4.69, 9.17) is 4.43 Å². The maximum Gasteiger partial charge on any atom is 0.192 e. The van der Waals surface area contributed by atoms with Gasteiger partial charge in [-0.15, -0.1) is 0 Å². The Morgan fingerprint density at radius 2 is 1.79 bits per heavy atom. The molecule has 1 N–H and O–H groups in total. The Labute approximate surface area is 117 Å². The molecule has 0 amide bonds. The molecule has 0 fully saturated rings. The summed E-state index contributed by atoms with van der Waals surface area (Å²) in [6.45, 7) is 12.1. The molecule has 0 bridgehead atoms. The van der Waals surface area contributed by atoms with Crippen LogP contribution in [0.5, 0.6) is 0 Å². The SMILES string of the molecule is CC(C)(C)[Si](C)(C)OC[C@@H]1C[C@@H](O)c2ccccc21. The van der Waals surface area contributed by atoms with E-state index in [-0.39, 0.29) is 11.1 Å². The van der Waals surface area contributed by atoms with E-state index in [2.05, 4.69) is 46.0 Å². The lowest BCUT2D eigenvalue weighted by atomic mass is 10.0. The average Bonchev–Trinajstić information content (AvgIpc) is 2.63. The fraction of sp³-hybridized carbons (Fsp3) is 0.625. The minimum atomic E-state index is -1.70. The van der Waals surface area contributed by atoms with Crippen LogP contribution in [0.2, 0.25) is 18.1 Å². The maximum absolute atomic E-state index is 10.1. The molecule has 0 saturated heterocycles. The quantitative estimate of drug-likeness (QED) is 0.838. The summed E-state index contributed by atoms with van der Waals surface area (Å²) in [7, 11) is -1.70. The maximum atomic E-state index is 10.1. The van der Waals surface area contributed by atoms with E-state index in [1.807, 2.05) is 12.1 Å². The molecular weight excluding hydrogens is 252 g/mol. The third kappa shape index (κ3) is 2.93. The molecule has 19 heavy (non-hydrogen) atoms. The molecular formula is C16H26O2Si. The molecule has 1 aromatic carbocycles. The fourth-order valence-electron chi connectivity index (χ4n) is 2.39. The van der Waals surface area contributed by atoms with Gasteiger partial charge in [0.2, 0.25) is 0 Å². The lowest BCUT2D eigenvalue weighted by Crippen LogP contribution is -2.41. The van der Waals surface area contributed by atoms with Gasteiger partial charge in [-0.3, -0.25) is 0 Å². The van der Waals surface area contributed by atoms with E-state index in [1.54, 1.807) is 0 Å². The van der Waals surface area contributed by atoms with Gasteiger partial charge in [-0.1, -0.05) is 45.0 Å². The van der Waals surface area contributed by atoms with Crippen molar-refractivity contribution in [1.29, 1.82) is 0 Å². The lowest BCUT2D eigenvalue weighted by Gasteiger charge is -2.37. The van der Waals surface area contributed by atoms with Gasteiger partial charge in [0.15, 0.2) is 8.32 Å². The summed E-state index contributed by atoms with van der Waals surface area (Å²) in [6, 6.07) is 8.22. The second kappa shape index (κ2) is 5.04. The van der Waals surface area contributed by atoms with Crippen molar-refractivity contribution in [3.8, 4) is 0 Å². The van der Waals surface area contributed by atoms with Gasteiger partial charge in [0.1, 0.15) is 0 Å². The van der Waals surface area contributed by atoms with Crippen LogP contribution in [0, 0.1) is 0 Å². The minimum Gasteiger partial charge on any atom is -0.416 e. The highest BCUT2D eigenvalue weighted by Crippen LogP contribution is 2.42. The Kier molecular flexibility index (Phi) is 3.91. The van der Waals surface area contributed by atoms with Crippen molar-refractivity contribution in [1.82, 2.24) is 0 Å². The first-order valence-corrected chi connectivity index (χ1v) is 10.0. The van der Waals surface area contributed by atoms with E-state index < -0.39 is 8.32 Å². The number of hydrogen-bond donors (Lipinski definition) is 1. The molecule has 2 rings (SSSR count). The number of hydrogen-bond acceptors (Lipinski definition) is 2. The highest BCUT2D eigenvalue weighted by Gasteiger charge is 2.39. The molecule has 0 heterocycles. The normalized spacial score (nSPS) is 23.5. The Hall–Kier alpha value is -0.643. The number of benzene rings is 1. The van der Waals surface area contributed by atoms with Crippen molar-refractivity contribution in [3.63, 3.8) is 0 Å². The summed E-state index contributed by atoms with van der Waals surface area (Å²) < 4.78 is 6.31. The highest BCUT2D eigenvalue weighted by molar-refractivity contribution is 6.74. The van der Waals surface area contributed by atoms with Crippen molar-refractivity contribution >= 4 is 8.32 Å². The zero-order valence-electron chi connectivity index (χ0n) is 12.7. The molecule has 0 aromatic heterocycles. The summed E-state index contributed by atoms with van der Waals surface area (Å²) in [5.74, 6) is 0.348. The summed E-state index contributed by atoms with van der Waals surface area (Å²) in [5.41, 5.74) is 2.36. The number of fused-ring (bicyclic) bond motifs is 1. The first-order valence-electron chi connectivity index (χ1n) is 7.13. The second-order valence-electron chi connectivity index (χ2n) is 7.15. The van der Waals surface area contributed by atoms with Crippen LogP contribution in [0.4, 0.5) is 0 Å². The molecule has 3 heteroatoms. The Morgan fingerprint density at radius 3 is 2.37 bits per heavy atom. The number of aliphatic hydroxyl groups is 1. The van der Waals surface area contributed by atoms with Gasteiger partial charge in [0, 0.05) is 12.5 Å². The average molecular weight is 278 g/mol. The number of rotatable bonds is 3. The molecule has 2 nitrogen and oxygen atoms in total. The predicted octanol–water partition coefficient (Wildman–Crippen LogP) is 4.23. The van der Waals surface area contributed by atoms with Gasteiger partial charge >= 0.3 is 0 Å². The topological polar surface area (TPSA) is 29.5 Å². The monoisotopic (exact) mass is 278 g/mol. The van der Waals surface area contributed by atoms with Crippen molar-refractivity contribution in [3.05, 3.63) is 35.4 Å². The van der Waals surface area contributed by atoms with Gasteiger partial charge in [-0.2, -0.15) is 0 Å². The molecule has 0 unspecified atom stereocenters. The van der Waals surface area contributed by atoms with Crippen molar-refractivity contribution in [2.45, 2.75) is 57.3 Å². The first kappa shape index (κ1) is 14.8. The molecule has 0 saturated carbocycles. The third-order valence-electron chi connectivity index (χ3n) is 4.75. The Balaban J connectivity index is 2.07. The predicted molar refractivity (Wildman–Crippen MR) is 81.9 cm³/mol. The summed E-state index contributed by atoms with van der Waals surface area (Å²) in [6.07, 6.45) is 0.484. The van der Waals surface area contributed by atoms with E-state index in [9.17, 15) is 5.11 Å². The molecule has 1 aliphatic rings. The van der Waals surface area contributed by atoms with E-state index in [0.717, 1.165) is 18.6 Å². The van der Waals surface area contributed by atoms with Crippen LogP contribution in [0.25, 0.3) is 0 Å².